The molecule has 2 aromatic rings. The van der Waals surface area contributed by atoms with Gasteiger partial charge in [-0.25, -0.2) is 8.78 Å². The highest BCUT2D eigenvalue weighted by atomic mass is 19.1. The maximum Gasteiger partial charge on any atom is 0.284 e. The molecule has 0 aliphatic carbocycles. The molecule has 4 heterocycles. The highest BCUT2D eigenvalue weighted by molar-refractivity contribution is 5.95. The fraction of sp³-hybridized carbons (Fsp3) is 0.438. The molecule has 0 radical (unpaired) electrons. The number of rotatable bonds is 1. The van der Waals surface area contributed by atoms with Crippen molar-refractivity contribution in [1.82, 2.24) is 4.90 Å². The molecule has 22 heavy (non-hydrogen) atoms. The topological polar surface area (TPSA) is 59.5 Å². The summed E-state index contributed by atoms with van der Waals surface area (Å²) >= 11 is 0. The van der Waals surface area contributed by atoms with Crippen molar-refractivity contribution >= 4 is 16.9 Å². The molecule has 4 nitrogen and oxygen atoms in total. The fourth-order valence-corrected chi connectivity index (χ4v) is 3.06. The van der Waals surface area contributed by atoms with Gasteiger partial charge in [0, 0.05) is 11.5 Å². The molecule has 6 heteroatoms. The van der Waals surface area contributed by atoms with Crippen LogP contribution in [0.25, 0.3) is 11.0 Å². The van der Waals surface area contributed by atoms with Gasteiger partial charge in [0.15, 0.2) is 17.2 Å². The van der Waals surface area contributed by atoms with Crippen molar-refractivity contribution in [3.05, 3.63) is 35.6 Å². The first-order valence-electron chi connectivity index (χ1n) is 7.43. The van der Waals surface area contributed by atoms with E-state index in [1.807, 2.05) is 0 Å². The molecule has 3 aliphatic heterocycles. The monoisotopic (exact) mass is 308 g/mol. The number of hydrogen-bond donors (Lipinski definition) is 1. The zero-order valence-electron chi connectivity index (χ0n) is 12.1. The summed E-state index contributed by atoms with van der Waals surface area (Å²) < 4.78 is 30.5. The van der Waals surface area contributed by atoms with Crippen LogP contribution in [0.4, 0.5) is 8.78 Å². The first kappa shape index (κ1) is 15.0. The Kier molecular flexibility index (Phi) is 4.11. The number of piperidine rings is 3. The van der Waals surface area contributed by atoms with E-state index in [-0.39, 0.29) is 16.7 Å². The molecule has 3 aliphatic rings. The summed E-state index contributed by atoms with van der Waals surface area (Å²) in [6.45, 7) is 4.18. The Balaban J connectivity index is 0.000000151. The molecule has 118 valence electrons. The molecule has 0 unspecified atom stereocenters. The summed E-state index contributed by atoms with van der Waals surface area (Å²) in [5.41, 5.74) is 4.75. The molecule has 1 aromatic heterocycles. The van der Waals surface area contributed by atoms with E-state index in [9.17, 15) is 13.6 Å². The van der Waals surface area contributed by atoms with E-state index in [1.54, 1.807) is 0 Å². The van der Waals surface area contributed by atoms with E-state index in [4.69, 9.17) is 10.2 Å². The number of hydrogen-bond acceptors (Lipinski definition) is 3. The number of benzene rings is 1. The van der Waals surface area contributed by atoms with Crippen LogP contribution in [0.5, 0.6) is 0 Å². The van der Waals surface area contributed by atoms with Crippen LogP contribution in [0, 0.1) is 17.6 Å². The van der Waals surface area contributed by atoms with Gasteiger partial charge in [-0.3, -0.25) is 4.79 Å². The summed E-state index contributed by atoms with van der Waals surface area (Å²) in [5, 5.41) is 0.177. The molecule has 2 bridgehead atoms. The van der Waals surface area contributed by atoms with E-state index in [1.165, 1.54) is 45.0 Å². The zero-order valence-corrected chi connectivity index (χ0v) is 12.1. The van der Waals surface area contributed by atoms with Crippen LogP contribution < -0.4 is 5.73 Å². The Hall–Kier alpha value is -1.95. The van der Waals surface area contributed by atoms with Crippen LogP contribution in [-0.4, -0.2) is 30.4 Å². The van der Waals surface area contributed by atoms with Crippen LogP contribution in [0.3, 0.4) is 0 Å². The highest BCUT2D eigenvalue weighted by Crippen LogP contribution is 2.26. The van der Waals surface area contributed by atoms with Crippen molar-refractivity contribution in [3.63, 3.8) is 0 Å². The minimum atomic E-state index is -0.854. The van der Waals surface area contributed by atoms with E-state index in [0.29, 0.717) is 6.07 Å². The molecule has 3 fully saturated rings. The van der Waals surface area contributed by atoms with E-state index < -0.39 is 17.5 Å². The number of amides is 1. The summed E-state index contributed by atoms with van der Waals surface area (Å²) in [6, 6.07) is 2.94. The second-order valence-electron chi connectivity index (χ2n) is 5.85. The number of nitrogens with two attached hydrogens (primary N) is 1. The Morgan fingerprint density at radius 2 is 1.77 bits per heavy atom. The average Bonchev–Trinajstić information content (AvgIpc) is 2.94. The normalized spacial score (nSPS) is 23.2. The first-order chi connectivity index (χ1) is 10.5. The molecule has 5 rings (SSSR count). The van der Waals surface area contributed by atoms with Crippen molar-refractivity contribution < 1.29 is 18.0 Å². The smallest absolute Gasteiger partial charge is 0.284 e. The quantitative estimate of drug-likeness (QED) is 0.881. The molecule has 0 saturated carbocycles. The number of carbonyl (C=O) groups is 1. The number of halogens is 2. The van der Waals surface area contributed by atoms with Crippen molar-refractivity contribution in [1.29, 1.82) is 0 Å². The highest BCUT2D eigenvalue weighted by Gasteiger charge is 2.24. The maximum atomic E-state index is 13.0. The number of nitrogens with zero attached hydrogens (tertiary/aromatic N) is 1. The largest absolute Gasteiger partial charge is 0.448 e. The van der Waals surface area contributed by atoms with Gasteiger partial charge in [-0.2, -0.15) is 0 Å². The van der Waals surface area contributed by atoms with Gasteiger partial charge in [0.2, 0.25) is 0 Å². The number of carbonyl (C=O) groups excluding carboxylic acids is 1. The van der Waals surface area contributed by atoms with Gasteiger partial charge in [0.25, 0.3) is 5.91 Å². The minimum absolute atomic E-state index is 0.166. The molecule has 3 saturated heterocycles. The van der Waals surface area contributed by atoms with E-state index in [2.05, 4.69) is 4.90 Å². The summed E-state index contributed by atoms with van der Waals surface area (Å²) in [5.74, 6) is -1.48. The third-order valence-corrected chi connectivity index (χ3v) is 4.34. The standard InChI is InChI=1S/C9H5F2NO2.C7H13N/c10-5-1-4-2-7(9(12)13)14-8(4)6(11)3-5;1-4-8-5-2-7(1)3-6-8/h1-3H,(H2,12,13);7H,1-6H2. The molecular weight excluding hydrogens is 290 g/mol. The Bertz CT molecular complexity index is 668. The first-order valence-corrected chi connectivity index (χ1v) is 7.43. The van der Waals surface area contributed by atoms with E-state index in [0.717, 1.165) is 12.0 Å². The van der Waals surface area contributed by atoms with Crippen LogP contribution in [0.2, 0.25) is 0 Å². The van der Waals surface area contributed by atoms with Crippen LogP contribution >= 0.6 is 0 Å². The van der Waals surface area contributed by atoms with Crippen molar-refractivity contribution in [3.8, 4) is 0 Å². The van der Waals surface area contributed by atoms with Gasteiger partial charge < -0.3 is 15.1 Å². The lowest BCUT2D eigenvalue weighted by atomic mass is 9.89. The second kappa shape index (κ2) is 6.04. The number of fused-ring (bicyclic) bond motifs is 4. The maximum absolute atomic E-state index is 13.0. The van der Waals surface area contributed by atoms with Crippen LogP contribution in [-0.2, 0) is 0 Å². The SMILES string of the molecule is C1CN2CCC1CC2.NC(=O)c1cc2cc(F)cc(F)c2o1. The molecule has 2 N–H and O–H groups in total. The molecule has 1 amide bonds. The lowest BCUT2D eigenvalue weighted by Crippen LogP contribution is -2.41. The Morgan fingerprint density at radius 3 is 2.23 bits per heavy atom. The number of furan rings is 1. The van der Waals surface area contributed by atoms with Crippen molar-refractivity contribution in [2.45, 2.75) is 19.3 Å². The van der Waals surface area contributed by atoms with Gasteiger partial charge in [-0.05, 0) is 56.9 Å². The minimum Gasteiger partial charge on any atom is -0.448 e. The second-order valence-corrected chi connectivity index (χ2v) is 5.85. The lowest BCUT2D eigenvalue weighted by molar-refractivity contribution is 0.0976. The van der Waals surface area contributed by atoms with Gasteiger partial charge in [0.05, 0.1) is 0 Å². The Labute approximate surface area is 126 Å². The van der Waals surface area contributed by atoms with E-state index >= 15 is 0 Å². The predicted molar refractivity (Wildman–Crippen MR) is 78.4 cm³/mol. The predicted octanol–water partition coefficient (Wildman–Crippen LogP) is 2.91. The zero-order chi connectivity index (χ0) is 15.7. The molecule has 1 aromatic carbocycles. The summed E-state index contributed by atoms with van der Waals surface area (Å²) in [7, 11) is 0. The Morgan fingerprint density at radius 1 is 1.14 bits per heavy atom. The van der Waals surface area contributed by atoms with Crippen LogP contribution in [0.1, 0.15) is 29.8 Å². The van der Waals surface area contributed by atoms with Crippen molar-refractivity contribution in [2.24, 2.45) is 11.7 Å². The fourth-order valence-electron chi connectivity index (χ4n) is 3.06. The van der Waals surface area contributed by atoms with Gasteiger partial charge in [-0.1, -0.05) is 0 Å². The molecule has 0 spiro atoms. The number of primary amides is 1. The van der Waals surface area contributed by atoms with Crippen molar-refractivity contribution in [2.75, 3.05) is 19.6 Å². The summed E-state index contributed by atoms with van der Waals surface area (Å²) in [6.07, 6.45) is 4.46. The van der Waals surface area contributed by atoms with Crippen LogP contribution in [0.15, 0.2) is 22.6 Å². The molecule has 0 atom stereocenters. The van der Waals surface area contributed by atoms with Gasteiger partial charge >= 0.3 is 0 Å². The summed E-state index contributed by atoms with van der Waals surface area (Å²) in [4.78, 5) is 13.3. The van der Waals surface area contributed by atoms with Gasteiger partial charge in [-0.15, -0.1) is 0 Å². The lowest BCUT2D eigenvalue weighted by Gasteiger charge is -2.38. The van der Waals surface area contributed by atoms with Gasteiger partial charge in [0.1, 0.15) is 5.82 Å². The molecular formula is C16H18F2N2O2. The third-order valence-electron chi connectivity index (χ3n) is 4.34. The average molecular weight is 308 g/mol. The third kappa shape index (κ3) is 3.11.